The highest BCUT2D eigenvalue weighted by Crippen LogP contribution is 2.25. The van der Waals surface area contributed by atoms with E-state index in [9.17, 15) is 4.79 Å². The van der Waals surface area contributed by atoms with Crippen molar-refractivity contribution < 1.29 is 4.79 Å². The lowest BCUT2D eigenvalue weighted by Gasteiger charge is -2.10. The summed E-state index contributed by atoms with van der Waals surface area (Å²) in [5, 5.41) is 15.9. The standard InChI is InChI=1S/C19H21N5O/c1-12-4-6-14(7-5-12)17-11-18(24-23-17)22-16-9-8-15(10-13(16)2)21-19(25)20-3/h4-11H,1-3H3,(H2,20,21,25)(H2,22,23,24). The van der Waals surface area contributed by atoms with E-state index in [-0.39, 0.29) is 6.03 Å². The number of nitrogens with zero attached hydrogens (tertiary/aromatic N) is 1. The highest BCUT2D eigenvalue weighted by atomic mass is 16.2. The van der Waals surface area contributed by atoms with Crippen LogP contribution in [0.1, 0.15) is 11.1 Å². The number of carbonyl (C=O) groups excluding carboxylic acids is 1. The topological polar surface area (TPSA) is 81.8 Å². The molecule has 0 saturated heterocycles. The van der Waals surface area contributed by atoms with E-state index in [2.05, 4.69) is 57.3 Å². The number of hydrogen-bond donors (Lipinski definition) is 4. The van der Waals surface area contributed by atoms with Crippen LogP contribution in [0.25, 0.3) is 11.3 Å². The summed E-state index contributed by atoms with van der Waals surface area (Å²) in [5.41, 5.74) is 5.96. The van der Waals surface area contributed by atoms with Gasteiger partial charge in [-0.3, -0.25) is 5.10 Å². The van der Waals surface area contributed by atoms with Gasteiger partial charge in [-0.15, -0.1) is 0 Å². The molecule has 128 valence electrons. The molecule has 0 atom stereocenters. The van der Waals surface area contributed by atoms with Gasteiger partial charge in [0.15, 0.2) is 5.82 Å². The van der Waals surface area contributed by atoms with Gasteiger partial charge in [0, 0.05) is 24.5 Å². The van der Waals surface area contributed by atoms with Crippen molar-refractivity contribution >= 4 is 23.2 Å². The van der Waals surface area contributed by atoms with Crippen molar-refractivity contribution in [3.8, 4) is 11.3 Å². The van der Waals surface area contributed by atoms with E-state index in [1.807, 2.05) is 31.2 Å². The number of benzene rings is 2. The molecule has 0 bridgehead atoms. The number of nitrogens with one attached hydrogen (secondary N) is 4. The molecular formula is C19H21N5O. The van der Waals surface area contributed by atoms with Crippen molar-refractivity contribution in [2.75, 3.05) is 17.7 Å². The van der Waals surface area contributed by atoms with E-state index < -0.39 is 0 Å². The lowest BCUT2D eigenvalue weighted by atomic mass is 10.1. The number of hydrogen-bond acceptors (Lipinski definition) is 3. The number of anilines is 3. The Labute approximate surface area is 146 Å². The van der Waals surface area contributed by atoms with Crippen LogP contribution >= 0.6 is 0 Å². The fourth-order valence-corrected chi connectivity index (χ4v) is 2.48. The molecule has 0 aliphatic rings. The number of rotatable bonds is 4. The van der Waals surface area contributed by atoms with E-state index in [1.165, 1.54) is 5.56 Å². The minimum absolute atomic E-state index is 0.241. The van der Waals surface area contributed by atoms with Gasteiger partial charge in [0.1, 0.15) is 0 Å². The fourth-order valence-electron chi connectivity index (χ4n) is 2.48. The van der Waals surface area contributed by atoms with E-state index in [0.717, 1.165) is 34.0 Å². The zero-order valence-electron chi connectivity index (χ0n) is 14.5. The third kappa shape index (κ3) is 3.98. The molecular weight excluding hydrogens is 314 g/mol. The van der Waals surface area contributed by atoms with Crippen LogP contribution in [0.15, 0.2) is 48.5 Å². The maximum absolute atomic E-state index is 11.4. The monoisotopic (exact) mass is 335 g/mol. The number of aromatic nitrogens is 2. The van der Waals surface area contributed by atoms with Gasteiger partial charge < -0.3 is 16.0 Å². The smallest absolute Gasteiger partial charge is 0.318 e. The fraction of sp³-hybridized carbons (Fsp3) is 0.158. The molecule has 6 heteroatoms. The summed E-state index contributed by atoms with van der Waals surface area (Å²) in [6.07, 6.45) is 0. The maximum atomic E-state index is 11.4. The Morgan fingerprint density at radius 3 is 2.48 bits per heavy atom. The van der Waals surface area contributed by atoms with Gasteiger partial charge in [-0.25, -0.2) is 4.79 Å². The summed E-state index contributed by atoms with van der Waals surface area (Å²) < 4.78 is 0. The summed E-state index contributed by atoms with van der Waals surface area (Å²) in [5.74, 6) is 0.741. The van der Waals surface area contributed by atoms with Crippen molar-refractivity contribution in [3.63, 3.8) is 0 Å². The van der Waals surface area contributed by atoms with Crippen LogP contribution in [0.2, 0.25) is 0 Å². The van der Waals surface area contributed by atoms with Gasteiger partial charge in [0.25, 0.3) is 0 Å². The Balaban J connectivity index is 1.74. The number of aryl methyl sites for hydroxylation is 2. The first-order valence-corrected chi connectivity index (χ1v) is 8.04. The van der Waals surface area contributed by atoms with E-state index >= 15 is 0 Å². The van der Waals surface area contributed by atoms with Crippen molar-refractivity contribution in [2.45, 2.75) is 13.8 Å². The Kier molecular flexibility index (Phi) is 4.70. The van der Waals surface area contributed by atoms with E-state index in [0.29, 0.717) is 0 Å². The summed E-state index contributed by atoms with van der Waals surface area (Å²) >= 11 is 0. The van der Waals surface area contributed by atoms with Crippen LogP contribution in [0, 0.1) is 13.8 Å². The predicted octanol–water partition coefficient (Wildman–Crippen LogP) is 4.19. The molecule has 0 radical (unpaired) electrons. The third-order valence-corrected chi connectivity index (χ3v) is 3.91. The lowest BCUT2D eigenvalue weighted by Crippen LogP contribution is -2.24. The van der Waals surface area contributed by atoms with Gasteiger partial charge in [-0.1, -0.05) is 29.8 Å². The van der Waals surface area contributed by atoms with Crippen LogP contribution in [0.5, 0.6) is 0 Å². The number of urea groups is 1. The molecule has 0 aliphatic heterocycles. The molecule has 2 aromatic carbocycles. The third-order valence-electron chi connectivity index (χ3n) is 3.91. The molecule has 0 saturated carbocycles. The highest BCUT2D eigenvalue weighted by molar-refractivity contribution is 5.89. The summed E-state index contributed by atoms with van der Waals surface area (Å²) in [6.45, 7) is 4.04. The first-order chi connectivity index (χ1) is 12.0. The minimum atomic E-state index is -0.241. The molecule has 6 nitrogen and oxygen atoms in total. The van der Waals surface area contributed by atoms with Crippen LogP contribution < -0.4 is 16.0 Å². The Morgan fingerprint density at radius 1 is 1.04 bits per heavy atom. The molecule has 25 heavy (non-hydrogen) atoms. The Morgan fingerprint density at radius 2 is 1.80 bits per heavy atom. The van der Waals surface area contributed by atoms with Gasteiger partial charge in [0.05, 0.1) is 5.69 Å². The second-order valence-corrected chi connectivity index (χ2v) is 5.89. The predicted molar refractivity (Wildman–Crippen MR) is 101 cm³/mol. The molecule has 3 aromatic rings. The van der Waals surface area contributed by atoms with Gasteiger partial charge in [0.2, 0.25) is 0 Å². The molecule has 1 heterocycles. The Bertz CT molecular complexity index is 883. The molecule has 0 spiro atoms. The number of amides is 2. The highest BCUT2D eigenvalue weighted by Gasteiger charge is 2.07. The van der Waals surface area contributed by atoms with Crippen LogP contribution in [0.3, 0.4) is 0 Å². The largest absolute Gasteiger partial charge is 0.341 e. The molecule has 0 aliphatic carbocycles. The molecule has 3 rings (SSSR count). The summed E-state index contributed by atoms with van der Waals surface area (Å²) in [6, 6.07) is 15.7. The van der Waals surface area contributed by atoms with Gasteiger partial charge in [-0.2, -0.15) is 5.10 Å². The van der Waals surface area contributed by atoms with Crippen molar-refractivity contribution in [3.05, 3.63) is 59.7 Å². The molecule has 0 unspecified atom stereocenters. The quantitative estimate of drug-likeness (QED) is 0.577. The lowest BCUT2D eigenvalue weighted by molar-refractivity contribution is 0.254. The average Bonchev–Trinajstić information content (AvgIpc) is 3.06. The van der Waals surface area contributed by atoms with E-state index in [4.69, 9.17) is 0 Å². The van der Waals surface area contributed by atoms with Crippen LogP contribution in [0.4, 0.5) is 22.0 Å². The second-order valence-electron chi connectivity index (χ2n) is 5.89. The van der Waals surface area contributed by atoms with Crippen LogP contribution in [-0.2, 0) is 0 Å². The van der Waals surface area contributed by atoms with Crippen LogP contribution in [-0.4, -0.2) is 23.3 Å². The number of carbonyl (C=O) groups is 1. The van der Waals surface area contributed by atoms with Crippen molar-refractivity contribution in [1.29, 1.82) is 0 Å². The molecule has 4 N–H and O–H groups in total. The zero-order valence-corrected chi connectivity index (χ0v) is 14.5. The molecule has 0 fully saturated rings. The zero-order chi connectivity index (χ0) is 17.8. The number of aromatic amines is 1. The second kappa shape index (κ2) is 7.09. The van der Waals surface area contributed by atoms with Crippen molar-refractivity contribution in [2.24, 2.45) is 0 Å². The first kappa shape index (κ1) is 16.6. The SMILES string of the molecule is CNC(=O)Nc1ccc(Nc2cc(-c3ccc(C)cc3)[nH]n2)c(C)c1. The first-order valence-electron chi connectivity index (χ1n) is 8.04. The minimum Gasteiger partial charge on any atom is -0.341 e. The normalized spacial score (nSPS) is 10.4. The van der Waals surface area contributed by atoms with Gasteiger partial charge >= 0.3 is 6.03 Å². The molecule has 2 amide bonds. The Hall–Kier alpha value is -3.28. The summed E-state index contributed by atoms with van der Waals surface area (Å²) in [7, 11) is 1.58. The van der Waals surface area contributed by atoms with Crippen molar-refractivity contribution in [1.82, 2.24) is 15.5 Å². The molecule has 1 aromatic heterocycles. The van der Waals surface area contributed by atoms with Gasteiger partial charge in [-0.05, 0) is 43.2 Å². The van der Waals surface area contributed by atoms with E-state index in [1.54, 1.807) is 7.05 Å². The summed E-state index contributed by atoms with van der Waals surface area (Å²) in [4.78, 5) is 11.4. The average molecular weight is 335 g/mol. The number of H-pyrrole nitrogens is 1. The maximum Gasteiger partial charge on any atom is 0.318 e.